The van der Waals surface area contributed by atoms with Crippen LogP contribution in [-0.4, -0.2) is 40.5 Å². The summed E-state index contributed by atoms with van der Waals surface area (Å²) < 4.78 is 15.6. The molecule has 0 heterocycles. The van der Waals surface area contributed by atoms with Crippen LogP contribution in [0.4, 0.5) is 22.7 Å². The first-order valence-corrected chi connectivity index (χ1v) is 12.6. The average Bonchev–Trinajstić information content (AvgIpc) is 2.94. The molecule has 0 amide bonds. The van der Waals surface area contributed by atoms with E-state index >= 15 is 0 Å². The molecule has 0 spiro atoms. The van der Waals surface area contributed by atoms with Crippen molar-refractivity contribution in [3.8, 4) is 5.75 Å². The lowest BCUT2D eigenvalue weighted by Gasteiger charge is -2.24. The van der Waals surface area contributed by atoms with Gasteiger partial charge in [0.15, 0.2) is 0 Å². The number of rotatable bonds is 10. The molecule has 1 N–H and O–H groups in total. The van der Waals surface area contributed by atoms with Crippen LogP contribution in [0.15, 0.2) is 66.7 Å². The summed E-state index contributed by atoms with van der Waals surface area (Å²) in [5.74, 6) is 0.872. The molecule has 3 aromatic carbocycles. The van der Waals surface area contributed by atoms with Gasteiger partial charge in [-0.3, -0.25) is 0 Å². The van der Waals surface area contributed by atoms with Crippen LogP contribution in [0.25, 0.3) is 0 Å². The van der Waals surface area contributed by atoms with Crippen molar-refractivity contribution in [3.05, 3.63) is 77.9 Å². The van der Waals surface area contributed by atoms with Gasteiger partial charge in [-0.25, -0.2) is 4.79 Å². The van der Waals surface area contributed by atoms with Gasteiger partial charge in [-0.1, -0.05) is 31.4 Å². The first-order valence-electron chi connectivity index (χ1n) is 12.6. The highest BCUT2D eigenvalue weighted by Gasteiger charge is 2.16. The minimum atomic E-state index is -0.428. The van der Waals surface area contributed by atoms with Crippen molar-refractivity contribution in [2.24, 2.45) is 0 Å². The van der Waals surface area contributed by atoms with E-state index in [4.69, 9.17) is 14.2 Å². The van der Waals surface area contributed by atoms with Crippen LogP contribution in [-0.2, 0) is 9.47 Å². The zero-order valence-electron chi connectivity index (χ0n) is 21.5. The molecule has 6 heteroatoms. The van der Waals surface area contributed by atoms with E-state index in [0.29, 0.717) is 36.1 Å². The van der Waals surface area contributed by atoms with Gasteiger partial charge in [0, 0.05) is 31.2 Å². The molecule has 1 aliphatic rings. The minimum Gasteiger partial charge on any atom is -0.491 e. The summed E-state index contributed by atoms with van der Waals surface area (Å²) in [6, 6.07) is 22.5. The van der Waals surface area contributed by atoms with Crippen LogP contribution in [0, 0.1) is 0 Å². The molecule has 0 atom stereocenters. The highest BCUT2D eigenvalue weighted by atomic mass is 16.5. The highest BCUT2D eigenvalue weighted by Crippen LogP contribution is 2.34. The van der Waals surface area contributed by atoms with Crippen LogP contribution >= 0.6 is 0 Å². The van der Waals surface area contributed by atoms with Crippen LogP contribution in [0.1, 0.15) is 53.9 Å². The molecule has 0 aliphatic heterocycles. The highest BCUT2D eigenvalue weighted by molar-refractivity contribution is 5.97. The predicted octanol–water partition coefficient (Wildman–Crippen LogP) is 7.06. The number of anilines is 4. The summed E-state index contributed by atoms with van der Waals surface area (Å²) in [4.78, 5) is 14.6. The van der Waals surface area contributed by atoms with E-state index in [1.807, 2.05) is 24.3 Å². The number of esters is 1. The second-order valence-electron chi connectivity index (χ2n) is 9.20. The van der Waals surface area contributed by atoms with E-state index in [1.54, 1.807) is 13.2 Å². The quantitative estimate of drug-likeness (QED) is 0.244. The molecule has 3 aromatic rings. The van der Waals surface area contributed by atoms with Crippen molar-refractivity contribution in [1.82, 2.24) is 0 Å². The number of ether oxygens (including phenoxy) is 3. The van der Waals surface area contributed by atoms with Gasteiger partial charge in [0.05, 0.1) is 25.0 Å². The summed E-state index contributed by atoms with van der Waals surface area (Å²) in [6.07, 6.45) is 6.69. The lowest BCUT2D eigenvalue weighted by atomic mass is 9.84. The number of nitrogens with one attached hydrogen (secondary N) is 1. The maximum Gasteiger partial charge on any atom is 0.340 e. The number of hydrogen-bond donors (Lipinski definition) is 1. The molecule has 0 aromatic heterocycles. The Morgan fingerprint density at radius 2 is 1.56 bits per heavy atom. The third-order valence-corrected chi connectivity index (χ3v) is 6.84. The van der Waals surface area contributed by atoms with Gasteiger partial charge in [0.25, 0.3) is 0 Å². The molecule has 0 bridgehead atoms. The zero-order valence-corrected chi connectivity index (χ0v) is 21.5. The number of hydrogen-bond acceptors (Lipinski definition) is 6. The first kappa shape index (κ1) is 25.6. The molecule has 1 fully saturated rings. The lowest BCUT2D eigenvalue weighted by molar-refractivity contribution is 0.0601. The Morgan fingerprint density at radius 1 is 0.889 bits per heavy atom. The van der Waals surface area contributed by atoms with E-state index < -0.39 is 5.97 Å². The molecule has 1 aliphatic carbocycles. The number of nitrogens with zero attached hydrogens (tertiary/aromatic N) is 1. The van der Waals surface area contributed by atoms with Gasteiger partial charge < -0.3 is 24.4 Å². The van der Waals surface area contributed by atoms with E-state index in [9.17, 15) is 4.79 Å². The van der Waals surface area contributed by atoms with Crippen molar-refractivity contribution >= 4 is 28.7 Å². The minimum absolute atomic E-state index is 0.405. The Hall–Kier alpha value is -3.51. The largest absolute Gasteiger partial charge is 0.491 e. The van der Waals surface area contributed by atoms with E-state index in [1.165, 1.54) is 44.8 Å². The van der Waals surface area contributed by atoms with Gasteiger partial charge in [0.1, 0.15) is 12.4 Å². The monoisotopic (exact) mass is 488 g/mol. The van der Waals surface area contributed by atoms with E-state index in [2.05, 4.69) is 53.7 Å². The van der Waals surface area contributed by atoms with Crippen molar-refractivity contribution in [1.29, 1.82) is 0 Å². The number of carbonyl (C=O) groups is 1. The molecular formula is C30H36N2O4. The summed E-state index contributed by atoms with van der Waals surface area (Å²) in [6.45, 7) is 0.876. The molecule has 0 radical (unpaired) electrons. The third kappa shape index (κ3) is 6.38. The van der Waals surface area contributed by atoms with Gasteiger partial charge in [-0.2, -0.15) is 0 Å². The van der Waals surface area contributed by atoms with Crippen LogP contribution < -0.4 is 15.0 Å². The SMILES string of the molecule is COCCOc1ccc(Nc2ccc(N(C)c3ccc(C4CCCCC4)cc3)cc2)c(C(=O)OC)c1. The van der Waals surface area contributed by atoms with Crippen LogP contribution in [0.3, 0.4) is 0 Å². The Kier molecular flexibility index (Phi) is 8.85. The summed E-state index contributed by atoms with van der Waals surface area (Å²) in [7, 11) is 5.07. The van der Waals surface area contributed by atoms with Crippen molar-refractivity contribution in [2.75, 3.05) is 44.7 Å². The summed E-state index contributed by atoms with van der Waals surface area (Å²) >= 11 is 0. The second kappa shape index (κ2) is 12.5. The Morgan fingerprint density at radius 3 is 2.19 bits per heavy atom. The van der Waals surface area contributed by atoms with Crippen molar-refractivity contribution in [2.45, 2.75) is 38.0 Å². The lowest BCUT2D eigenvalue weighted by Crippen LogP contribution is -2.10. The normalized spacial score (nSPS) is 13.8. The maximum absolute atomic E-state index is 12.4. The van der Waals surface area contributed by atoms with E-state index in [0.717, 1.165) is 17.1 Å². The summed E-state index contributed by atoms with van der Waals surface area (Å²) in [5, 5.41) is 3.33. The number of carbonyl (C=O) groups excluding carboxylic acids is 1. The fourth-order valence-electron chi connectivity index (χ4n) is 4.72. The average molecular weight is 489 g/mol. The molecule has 190 valence electrons. The molecule has 1 saturated carbocycles. The van der Waals surface area contributed by atoms with Crippen molar-refractivity contribution in [3.63, 3.8) is 0 Å². The van der Waals surface area contributed by atoms with Gasteiger partial charge in [-0.15, -0.1) is 0 Å². The predicted molar refractivity (Wildman–Crippen MR) is 145 cm³/mol. The van der Waals surface area contributed by atoms with Crippen LogP contribution in [0.5, 0.6) is 5.75 Å². The van der Waals surface area contributed by atoms with Gasteiger partial charge >= 0.3 is 5.97 Å². The van der Waals surface area contributed by atoms with Gasteiger partial charge in [0.2, 0.25) is 0 Å². The molecule has 4 rings (SSSR count). The fourth-order valence-corrected chi connectivity index (χ4v) is 4.72. The Labute approximate surface area is 214 Å². The second-order valence-corrected chi connectivity index (χ2v) is 9.20. The molecular weight excluding hydrogens is 452 g/mol. The fraction of sp³-hybridized carbons (Fsp3) is 0.367. The van der Waals surface area contributed by atoms with E-state index in [-0.39, 0.29) is 0 Å². The topological polar surface area (TPSA) is 60.0 Å². The zero-order chi connectivity index (χ0) is 25.3. The Balaban J connectivity index is 1.44. The molecule has 0 unspecified atom stereocenters. The molecule has 0 saturated heterocycles. The third-order valence-electron chi connectivity index (χ3n) is 6.84. The number of benzene rings is 3. The van der Waals surface area contributed by atoms with Crippen LogP contribution in [0.2, 0.25) is 0 Å². The molecule has 36 heavy (non-hydrogen) atoms. The van der Waals surface area contributed by atoms with Crippen molar-refractivity contribution < 1.29 is 19.0 Å². The maximum atomic E-state index is 12.4. The smallest absolute Gasteiger partial charge is 0.340 e. The Bertz CT molecular complexity index is 1120. The summed E-state index contributed by atoms with van der Waals surface area (Å²) in [5.41, 5.74) is 5.64. The standard InChI is InChI=1S/C30H36N2O4/c1-32(25-13-9-23(10-14-25)22-7-5-4-6-8-22)26-15-11-24(12-16-26)31-29-18-17-27(36-20-19-34-2)21-28(29)30(33)35-3/h9-18,21-22,31H,4-8,19-20H2,1-3H3. The molecule has 6 nitrogen and oxygen atoms in total. The first-order chi connectivity index (χ1) is 17.6. The van der Waals surface area contributed by atoms with Gasteiger partial charge in [-0.05, 0) is 78.9 Å². The number of methoxy groups -OCH3 is 2.